The summed E-state index contributed by atoms with van der Waals surface area (Å²) in [5, 5.41) is 2.46. The van der Waals surface area contributed by atoms with Crippen molar-refractivity contribution in [3.8, 4) is 0 Å². The molecule has 0 radical (unpaired) electrons. The lowest BCUT2D eigenvalue weighted by molar-refractivity contribution is 0.0724. The minimum atomic E-state index is -0.380. The van der Waals surface area contributed by atoms with Gasteiger partial charge in [0.2, 0.25) is 5.76 Å². The van der Waals surface area contributed by atoms with Gasteiger partial charge in [-0.05, 0) is 56.7 Å². The van der Waals surface area contributed by atoms with Crippen molar-refractivity contribution in [1.29, 1.82) is 0 Å². The van der Waals surface area contributed by atoms with Crippen LogP contribution in [0.4, 0.5) is 0 Å². The Morgan fingerprint density at radius 1 is 1.26 bits per heavy atom. The number of nitrogens with zero attached hydrogens (tertiary/aromatic N) is 2. The first kappa shape index (κ1) is 18.4. The average molecular weight is 447 g/mol. The maximum atomic E-state index is 13.3. The molecule has 0 bridgehead atoms. The van der Waals surface area contributed by atoms with Crippen LogP contribution in [0.2, 0.25) is 0 Å². The number of carbonyl (C=O) groups excluding carboxylic acids is 1. The standard InChI is InChI=1S/C20H19BrN2O3S/c1-22(2)8-4-9-23-17(15-5-3-10-27-15)16-18(24)13-11-12(21)6-7-14(13)26-19(16)20(23)25/h3,5-7,10-11,17H,4,8-9H2,1-2H3. The van der Waals surface area contributed by atoms with Gasteiger partial charge in [-0.3, -0.25) is 9.59 Å². The molecule has 1 atom stereocenters. The van der Waals surface area contributed by atoms with Gasteiger partial charge in [0.15, 0.2) is 5.43 Å². The molecule has 1 aliphatic heterocycles. The predicted octanol–water partition coefficient (Wildman–Crippen LogP) is 4.11. The summed E-state index contributed by atoms with van der Waals surface area (Å²) in [5.74, 6) is -0.0258. The van der Waals surface area contributed by atoms with Gasteiger partial charge in [0, 0.05) is 15.9 Å². The van der Waals surface area contributed by atoms with E-state index in [-0.39, 0.29) is 23.1 Å². The third kappa shape index (κ3) is 3.24. The van der Waals surface area contributed by atoms with Crippen LogP contribution in [0, 0.1) is 0 Å². The number of amides is 1. The minimum absolute atomic E-state index is 0.130. The van der Waals surface area contributed by atoms with E-state index in [9.17, 15) is 9.59 Å². The SMILES string of the molecule is CN(C)CCCN1C(=O)c2oc3ccc(Br)cc3c(=O)c2C1c1cccs1. The van der Waals surface area contributed by atoms with Crippen molar-refractivity contribution in [3.63, 3.8) is 0 Å². The molecule has 0 saturated carbocycles. The highest BCUT2D eigenvalue weighted by molar-refractivity contribution is 9.10. The lowest BCUT2D eigenvalue weighted by Gasteiger charge is -2.24. The van der Waals surface area contributed by atoms with Gasteiger partial charge >= 0.3 is 0 Å². The van der Waals surface area contributed by atoms with Crippen LogP contribution in [-0.2, 0) is 0 Å². The number of rotatable bonds is 5. The van der Waals surface area contributed by atoms with Crippen molar-refractivity contribution in [1.82, 2.24) is 9.80 Å². The van der Waals surface area contributed by atoms with Crippen LogP contribution < -0.4 is 5.43 Å². The Labute approximate surface area is 169 Å². The molecule has 1 aliphatic rings. The maximum Gasteiger partial charge on any atom is 0.290 e. The van der Waals surface area contributed by atoms with E-state index in [0.717, 1.165) is 22.3 Å². The number of thiophene rings is 1. The highest BCUT2D eigenvalue weighted by atomic mass is 79.9. The fourth-order valence-electron chi connectivity index (χ4n) is 3.52. The third-order valence-corrected chi connectivity index (χ3v) is 6.16. The van der Waals surface area contributed by atoms with Crippen molar-refractivity contribution in [2.45, 2.75) is 12.5 Å². The summed E-state index contributed by atoms with van der Waals surface area (Å²) in [6.45, 7) is 1.44. The van der Waals surface area contributed by atoms with Crippen LogP contribution in [0.3, 0.4) is 0 Å². The van der Waals surface area contributed by atoms with E-state index in [1.54, 1.807) is 28.4 Å². The number of hydrogen-bond acceptors (Lipinski definition) is 5. The Kier molecular flexibility index (Phi) is 4.92. The third-order valence-electron chi connectivity index (χ3n) is 4.74. The second-order valence-electron chi connectivity index (χ2n) is 6.89. The van der Waals surface area contributed by atoms with E-state index < -0.39 is 0 Å². The molecule has 1 aromatic carbocycles. The van der Waals surface area contributed by atoms with Crippen LogP contribution >= 0.6 is 27.3 Å². The molecule has 0 fully saturated rings. The molecule has 3 heterocycles. The van der Waals surface area contributed by atoms with Crippen LogP contribution in [-0.4, -0.2) is 42.9 Å². The molecule has 3 aromatic rings. The van der Waals surface area contributed by atoms with Crippen LogP contribution in [0.5, 0.6) is 0 Å². The van der Waals surface area contributed by atoms with E-state index in [1.807, 2.05) is 37.7 Å². The molecule has 0 spiro atoms. The molecule has 1 amide bonds. The van der Waals surface area contributed by atoms with Crippen molar-refractivity contribution in [2.75, 3.05) is 27.2 Å². The topological polar surface area (TPSA) is 53.8 Å². The summed E-state index contributed by atoms with van der Waals surface area (Å²) in [5.41, 5.74) is 0.766. The van der Waals surface area contributed by atoms with Gasteiger partial charge in [0.25, 0.3) is 5.91 Å². The second-order valence-corrected chi connectivity index (χ2v) is 8.78. The molecule has 1 unspecified atom stereocenters. The molecule has 7 heteroatoms. The zero-order valence-electron chi connectivity index (χ0n) is 15.1. The van der Waals surface area contributed by atoms with Gasteiger partial charge in [0.1, 0.15) is 5.58 Å². The van der Waals surface area contributed by atoms with Gasteiger partial charge in [-0.1, -0.05) is 22.0 Å². The molecular formula is C20H19BrN2O3S. The smallest absolute Gasteiger partial charge is 0.290 e. The van der Waals surface area contributed by atoms with E-state index in [1.165, 1.54) is 0 Å². The summed E-state index contributed by atoms with van der Waals surface area (Å²) in [6.07, 6.45) is 0.827. The molecule has 0 N–H and O–H groups in total. The number of halogens is 1. The predicted molar refractivity (Wildman–Crippen MR) is 111 cm³/mol. The normalized spacial score (nSPS) is 16.5. The van der Waals surface area contributed by atoms with Gasteiger partial charge in [-0.15, -0.1) is 11.3 Å². The van der Waals surface area contributed by atoms with E-state index in [4.69, 9.17) is 4.42 Å². The number of carbonyl (C=O) groups is 1. The van der Waals surface area contributed by atoms with Crippen LogP contribution in [0.1, 0.15) is 33.5 Å². The fraction of sp³-hybridized carbons (Fsp3) is 0.300. The zero-order valence-corrected chi connectivity index (χ0v) is 17.5. The largest absolute Gasteiger partial charge is 0.450 e. The molecule has 5 nitrogen and oxygen atoms in total. The van der Waals surface area contributed by atoms with Gasteiger partial charge in [-0.25, -0.2) is 0 Å². The Hall–Kier alpha value is -1.96. The Morgan fingerprint density at radius 3 is 2.78 bits per heavy atom. The summed E-state index contributed by atoms with van der Waals surface area (Å²) in [6, 6.07) is 8.83. The summed E-state index contributed by atoms with van der Waals surface area (Å²) in [4.78, 5) is 31.2. The molecule has 0 aliphatic carbocycles. The zero-order chi connectivity index (χ0) is 19.1. The first-order valence-electron chi connectivity index (χ1n) is 8.72. The molecule has 27 heavy (non-hydrogen) atoms. The average Bonchev–Trinajstić information content (AvgIpc) is 3.24. The summed E-state index contributed by atoms with van der Waals surface area (Å²) in [7, 11) is 4.01. The number of benzene rings is 1. The van der Waals surface area contributed by atoms with Crippen molar-refractivity contribution < 1.29 is 9.21 Å². The second kappa shape index (κ2) is 7.22. The first-order valence-corrected chi connectivity index (χ1v) is 10.4. The van der Waals surface area contributed by atoms with Crippen LogP contribution in [0.25, 0.3) is 11.0 Å². The molecule has 4 rings (SSSR count). The van der Waals surface area contributed by atoms with Crippen molar-refractivity contribution >= 4 is 44.1 Å². The van der Waals surface area contributed by atoms with Crippen molar-refractivity contribution in [2.24, 2.45) is 0 Å². The Bertz CT molecular complexity index is 1060. The van der Waals surface area contributed by atoms with Crippen LogP contribution in [0.15, 0.2) is 49.4 Å². The summed E-state index contributed by atoms with van der Waals surface area (Å²) >= 11 is 4.96. The summed E-state index contributed by atoms with van der Waals surface area (Å²) < 4.78 is 6.73. The lowest BCUT2D eigenvalue weighted by Crippen LogP contribution is -2.31. The number of fused-ring (bicyclic) bond motifs is 2. The van der Waals surface area contributed by atoms with E-state index >= 15 is 0 Å². The fourth-order valence-corrected chi connectivity index (χ4v) is 4.73. The molecule has 0 saturated heterocycles. The Balaban J connectivity index is 1.86. The molecule has 140 valence electrons. The van der Waals surface area contributed by atoms with Crippen molar-refractivity contribution in [3.05, 3.63) is 66.6 Å². The highest BCUT2D eigenvalue weighted by Crippen LogP contribution is 2.40. The van der Waals surface area contributed by atoms with Gasteiger partial charge < -0.3 is 14.2 Å². The van der Waals surface area contributed by atoms with E-state index in [0.29, 0.717) is 23.1 Å². The maximum absolute atomic E-state index is 13.3. The molecule has 2 aromatic heterocycles. The quantitative estimate of drug-likeness (QED) is 0.591. The van der Waals surface area contributed by atoms with Gasteiger partial charge in [0.05, 0.1) is 17.0 Å². The minimum Gasteiger partial charge on any atom is -0.450 e. The lowest BCUT2D eigenvalue weighted by atomic mass is 10.0. The monoisotopic (exact) mass is 446 g/mol. The Morgan fingerprint density at radius 2 is 2.07 bits per heavy atom. The van der Waals surface area contributed by atoms with E-state index in [2.05, 4.69) is 20.8 Å². The number of hydrogen-bond donors (Lipinski definition) is 0. The molecular weight excluding hydrogens is 428 g/mol. The van der Waals surface area contributed by atoms with Gasteiger partial charge in [-0.2, -0.15) is 0 Å². The highest BCUT2D eigenvalue weighted by Gasteiger charge is 2.42. The first-order chi connectivity index (χ1) is 13.0.